The number of carbonyl (C=O) groups is 1. The average Bonchev–Trinajstić information content (AvgIpc) is 2.93. The standard InChI is InChI=1S/C14H19N3O3/c1-19-7-8-20-6-2-5-15-14(18)11-3-4-12-13(9-11)17-10-16-12/h3-4,9-10H,2,5-8H2,1H3,(H,15,18)(H,16,17). The van der Waals surface area contributed by atoms with Crippen LogP contribution in [-0.4, -0.2) is 49.4 Å². The van der Waals surface area contributed by atoms with E-state index < -0.39 is 0 Å². The van der Waals surface area contributed by atoms with Crippen LogP contribution in [0.2, 0.25) is 0 Å². The fraction of sp³-hybridized carbons (Fsp3) is 0.429. The molecule has 1 aromatic heterocycles. The third kappa shape index (κ3) is 4.04. The molecule has 1 heterocycles. The first-order chi connectivity index (χ1) is 9.81. The molecule has 0 spiro atoms. The number of imidazole rings is 1. The molecule has 0 aliphatic heterocycles. The SMILES string of the molecule is COCCOCCCNC(=O)c1ccc2nc[nH]c2c1. The van der Waals surface area contributed by atoms with Crippen molar-refractivity contribution in [3.8, 4) is 0 Å². The van der Waals surface area contributed by atoms with Gasteiger partial charge in [0.15, 0.2) is 0 Å². The second kappa shape index (κ2) is 7.62. The molecule has 0 fully saturated rings. The first-order valence-electron chi connectivity index (χ1n) is 6.59. The van der Waals surface area contributed by atoms with E-state index in [1.54, 1.807) is 25.6 Å². The number of amides is 1. The van der Waals surface area contributed by atoms with Crippen molar-refractivity contribution in [2.75, 3.05) is 33.5 Å². The van der Waals surface area contributed by atoms with Crippen molar-refractivity contribution in [1.82, 2.24) is 15.3 Å². The lowest BCUT2D eigenvalue weighted by Gasteiger charge is -2.06. The smallest absolute Gasteiger partial charge is 0.251 e. The van der Waals surface area contributed by atoms with Crippen LogP contribution in [0.5, 0.6) is 0 Å². The third-order valence-corrected chi connectivity index (χ3v) is 2.87. The Morgan fingerprint density at radius 1 is 1.35 bits per heavy atom. The van der Waals surface area contributed by atoms with Crippen LogP contribution in [0.1, 0.15) is 16.8 Å². The topological polar surface area (TPSA) is 76.2 Å². The summed E-state index contributed by atoms with van der Waals surface area (Å²) in [5.74, 6) is -0.0848. The van der Waals surface area contributed by atoms with E-state index in [1.165, 1.54) is 0 Å². The van der Waals surface area contributed by atoms with Gasteiger partial charge in [0.2, 0.25) is 0 Å². The van der Waals surface area contributed by atoms with E-state index in [-0.39, 0.29) is 5.91 Å². The van der Waals surface area contributed by atoms with Crippen LogP contribution < -0.4 is 5.32 Å². The third-order valence-electron chi connectivity index (χ3n) is 2.87. The van der Waals surface area contributed by atoms with Gasteiger partial charge < -0.3 is 19.8 Å². The molecule has 0 saturated carbocycles. The molecule has 0 radical (unpaired) electrons. The molecule has 1 aromatic carbocycles. The van der Waals surface area contributed by atoms with Crippen molar-refractivity contribution in [3.05, 3.63) is 30.1 Å². The molecule has 0 aliphatic carbocycles. The Bertz CT molecular complexity index is 553. The summed E-state index contributed by atoms with van der Waals surface area (Å²) in [7, 11) is 1.64. The number of rotatable bonds is 8. The maximum atomic E-state index is 11.9. The lowest BCUT2D eigenvalue weighted by molar-refractivity contribution is 0.0688. The molecule has 0 unspecified atom stereocenters. The van der Waals surface area contributed by atoms with Gasteiger partial charge in [-0.3, -0.25) is 4.79 Å². The number of hydrogen-bond donors (Lipinski definition) is 2. The van der Waals surface area contributed by atoms with Crippen molar-refractivity contribution in [2.45, 2.75) is 6.42 Å². The zero-order valence-electron chi connectivity index (χ0n) is 11.5. The highest BCUT2D eigenvalue weighted by atomic mass is 16.5. The van der Waals surface area contributed by atoms with E-state index >= 15 is 0 Å². The molecule has 20 heavy (non-hydrogen) atoms. The highest BCUT2D eigenvalue weighted by Gasteiger charge is 2.06. The summed E-state index contributed by atoms with van der Waals surface area (Å²) in [4.78, 5) is 19.0. The molecule has 1 amide bonds. The summed E-state index contributed by atoms with van der Waals surface area (Å²) in [6.07, 6.45) is 2.39. The van der Waals surface area contributed by atoms with Crippen LogP contribution in [-0.2, 0) is 9.47 Å². The molecular weight excluding hydrogens is 258 g/mol. The number of hydrogen-bond acceptors (Lipinski definition) is 4. The number of aromatic nitrogens is 2. The van der Waals surface area contributed by atoms with Gasteiger partial charge in [0.25, 0.3) is 5.91 Å². The van der Waals surface area contributed by atoms with Crippen molar-refractivity contribution < 1.29 is 14.3 Å². The number of nitrogens with one attached hydrogen (secondary N) is 2. The Hall–Kier alpha value is -1.92. The quantitative estimate of drug-likeness (QED) is 0.714. The minimum absolute atomic E-state index is 0.0848. The summed E-state index contributed by atoms with van der Waals surface area (Å²) in [5, 5.41) is 2.86. The van der Waals surface area contributed by atoms with Crippen LogP contribution in [0, 0.1) is 0 Å². The summed E-state index contributed by atoms with van der Waals surface area (Å²) in [6.45, 7) is 2.38. The summed E-state index contributed by atoms with van der Waals surface area (Å²) in [6, 6.07) is 5.40. The van der Waals surface area contributed by atoms with E-state index in [4.69, 9.17) is 9.47 Å². The summed E-state index contributed by atoms with van der Waals surface area (Å²) in [5.41, 5.74) is 2.34. The Morgan fingerprint density at radius 2 is 2.25 bits per heavy atom. The Balaban J connectivity index is 1.71. The molecule has 0 aliphatic rings. The van der Waals surface area contributed by atoms with Crippen molar-refractivity contribution >= 4 is 16.9 Å². The summed E-state index contributed by atoms with van der Waals surface area (Å²) < 4.78 is 10.2. The average molecular weight is 277 g/mol. The van der Waals surface area contributed by atoms with E-state index in [0.717, 1.165) is 17.5 Å². The van der Waals surface area contributed by atoms with Crippen molar-refractivity contribution in [2.24, 2.45) is 0 Å². The van der Waals surface area contributed by atoms with E-state index in [2.05, 4.69) is 15.3 Å². The highest BCUT2D eigenvalue weighted by Crippen LogP contribution is 2.11. The molecule has 2 aromatic rings. The van der Waals surface area contributed by atoms with Gasteiger partial charge in [-0.1, -0.05) is 0 Å². The highest BCUT2D eigenvalue weighted by molar-refractivity contribution is 5.97. The van der Waals surface area contributed by atoms with Gasteiger partial charge >= 0.3 is 0 Å². The number of aromatic amines is 1. The molecule has 108 valence electrons. The van der Waals surface area contributed by atoms with E-state index in [0.29, 0.717) is 31.9 Å². The van der Waals surface area contributed by atoms with Gasteiger partial charge in [0.1, 0.15) is 0 Å². The van der Waals surface area contributed by atoms with E-state index in [1.807, 2.05) is 6.07 Å². The maximum Gasteiger partial charge on any atom is 0.251 e. The molecular formula is C14H19N3O3. The van der Waals surface area contributed by atoms with Crippen LogP contribution in [0.25, 0.3) is 11.0 Å². The largest absolute Gasteiger partial charge is 0.382 e. The molecule has 0 atom stereocenters. The predicted octanol–water partition coefficient (Wildman–Crippen LogP) is 1.35. The second-order valence-electron chi connectivity index (χ2n) is 4.35. The molecule has 6 nitrogen and oxygen atoms in total. The number of nitrogens with zero attached hydrogens (tertiary/aromatic N) is 1. The minimum atomic E-state index is -0.0848. The lowest BCUT2D eigenvalue weighted by Crippen LogP contribution is -2.25. The van der Waals surface area contributed by atoms with Crippen molar-refractivity contribution in [1.29, 1.82) is 0 Å². The van der Waals surface area contributed by atoms with Gasteiger partial charge in [-0.2, -0.15) is 0 Å². The number of methoxy groups -OCH3 is 1. The fourth-order valence-corrected chi connectivity index (χ4v) is 1.80. The molecule has 2 rings (SSSR count). The van der Waals surface area contributed by atoms with Gasteiger partial charge in [0, 0.05) is 25.8 Å². The lowest BCUT2D eigenvalue weighted by atomic mass is 10.2. The normalized spacial score (nSPS) is 10.8. The maximum absolute atomic E-state index is 11.9. The van der Waals surface area contributed by atoms with Gasteiger partial charge in [0.05, 0.1) is 30.6 Å². The van der Waals surface area contributed by atoms with Crippen LogP contribution in [0.4, 0.5) is 0 Å². The van der Waals surface area contributed by atoms with Crippen LogP contribution in [0.15, 0.2) is 24.5 Å². The number of benzene rings is 1. The Morgan fingerprint density at radius 3 is 3.10 bits per heavy atom. The van der Waals surface area contributed by atoms with Crippen molar-refractivity contribution in [3.63, 3.8) is 0 Å². The van der Waals surface area contributed by atoms with E-state index in [9.17, 15) is 4.79 Å². The first-order valence-corrected chi connectivity index (χ1v) is 6.59. The number of carbonyl (C=O) groups excluding carboxylic acids is 1. The second-order valence-corrected chi connectivity index (χ2v) is 4.35. The zero-order chi connectivity index (χ0) is 14.2. The number of fused-ring (bicyclic) bond motifs is 1. The van der Waals surface area contributed by atoms with Gasteiger partial charge in [-0.25, -0.2) is 4.98 Å². The van der Waals surface area contributed by atoms with Gasteiger partial charge in [-0.15, -0.1) is 0 Å². The van der Waals surface area contributed by atoms with Crippen LogP contribution >= 0.6 is 0 Å². The molecule has 6 heteroatoms. The summed E-state index contributed by atoms with van der Waals surface area (Å²) >= 11 is 0. The Labute approximate surface area is 117 Å². The zero-order valence-corrected chi connectivity index (χ0v) is 11.5. The Kier molecular flexibility index (Phi) is 5.52. The molecule has 0 saturated heterocycles. The van der Waals surface area contributed by atoms with Gasteiger partial charge in [-0.05, 0) is 24.6 Å². The number of ether oxygens (including phenoxy) is 2. The molecule has 0 bridgehead atoms. The first kappa shape index (κ1) is 14.5. The minimum Gasteiger partial charge on any atom is -0.382 e. The molecule has 2 N–H and O–H groups in total. The fourth-order valence-electron chi connectivity index (χ4n) is 1.80. The van der Waals surface area contributed by atoms with Crippen LogP contribution in [0.3, 0.4) is 0 Å². The number of H-pyrrole nitrogens is 1. The predicted molar refractivity (Wildman–Crippen MR) is 75.7 cm³/mol. The monoisotopic (exact) mass is 277 g/mol.